The highest BCUT2D eigenvalue weighted by molar-refractivity contribution is 7.99. The number of hydrogen-bond donors (Lipinski definition) is 0. The molecule has 0 unspecified atom stereocenters. The zero-order valence-corrected chi connectivity index (χ0v) is 17.1. The van der Waals surface area contributed by atoms with Crippen molar-refractivity contribution in [3.8, 4) is 5.75 Å². The number of tetrazole rings is 1. The molecule has 0 fully saturated rings. The van der Waals surface area contributed by atoms with Crippen LogP contribution in [0.2, 0.25) is 0 Å². The lowest BCUT2D eigenvalue weighted by Gasteiger charge is -2.07. The number of rotatable bonds is 5. The highest BCUT2D eigenvalue weighted by atomic mass is 32.2. The summed E-state index contributed by atoms with van der Waals surface area (Å²) in [6.45, 7) is 6.71. The standard InChI is InChI=1S/C18H18N6OS2/c1-10-11(2)26-16-15(10)17(20-12(3)19-16)27-18-21-22-23-24(18)9-13-5-7-14(25-4)8-6-13/h5-8H,9H2,1-4H3. The highest BCUT2D eigenvalue weighted by Gasteiger charge is 2.17. The molecule has 0 radical (unpaired) electrons. The van der Waals surface area contributed by atoms with Gasteiger partial charge in [-0.15, -0.1) is 16.4 Å². The molecule has 0 saturated carbocycles. The summed E-state index contributed by atoms with van der Waals surface area (Å²) in [6.07, 6.45) is 0. The third-order valence-corrected chi connectivity index (χ3v) is 6.35. The molecule has 0 bridgehead atoms. The third kappa shape index (κ3) is 3.52. The van der Waals surface area contributed by atoms with Gasteiger partial charge in [0.25, 0.3) is 0 Å². The van der Waals surface area contributed by atoms with Crippen molar-refractivity contribution >= 4 is 33.3 Å². The molecule has 1 aromatic carbocycles. The molecular weight excluding hydrogens is 380 g/mol. The minimum atomic E-state index is 0.578. The van der Waals surface area contributed by atoms with Gasteiger partial charge in [-0.05, 0) is 66.2 Å². The van der Waals surface area contributed by atoms with Crippen LogP contribution in [0.25, 0.3) is 10.2 Å². The Hall–Kier alpha value is -2.52. The monoisotopic (exact) mass is 398 g/mol. The van der Waals surface area contributed by atoms with Crippen molar-refractivity contribution in [1.82, 2.24) is 30.2 Å². The molecule has 138 valence electrons. The van der Waals surface area contributed by atoms with Crippen molar-refractivity contribution in [1.29, 1.82) is 0 Å². The first-order valence-corrected chi connectivity index (χ1v) is 9.99. The molecule has 4 rings (SSSR count). The zero-order valence-electron chi connectivity index (χ0n) is 15.4. The second-order valence-corrected chi connectivity index (χ2v) is 8.27. The predicted octanol–water partition coefficient (Wildman–Crippen LogP) is 3.81. The normalized spacial score (nSPS) is 11.3. The Morgan fingerprint density at radius 1 is 1.11 bits per heavy atom. The molecule has 0 aliphatic rings. The molecule has 27 heavy (non-hydrogen) atoms. The minimum absolute atomic E-state index is 0.578. The fraction of sp³-hybridized carbons (Fsp3) is 0.278. The maximum atomic E-state index is 5.21. The molecule has 4 aromatic rings. The van der Waals surface area contributed by atoms with E-state index in [2.05, 4.69) is 39.3 Å². The number of nitrogens with zero attached hydrogens (tertiary/aromatic N) is 6. The van der Waals surface area contributed by atoms with E-state index in [1.54, 1.807) is 23.1 Å². The Morgan fingerprint density at radius 3 is 2.63 bits per heavy atom. The third-order valence-electron chi connectivity index (χ3n) is 4.29. The lowest BCUT2D eigenvalue weighted by atomic mass is 10.2. The molecule has 0 atom stereocenters. The van der Waals surface area contributed by atoms with Crippen LogP contribution in [0, 0.1) is 20.8 Å². The topological polar surface area (TPSA) is 78.6 Å². The number of aromatic nitrogens is 6. The van der Waals surface area contributed by atoms with Gasteiger partial charge in [0.15, 0.2) is 0 Å². The van der Waals surface area contributed by atoms with Crippen molar-refractivity contribution < 1.29 is 4.74 Å². The van der Waals surface area contributed by atoms with Crippen molar-refractivity contribution in [2.45, 2.75) is 37.5 Å². The lowest BCUT2D eigenvalue weighted by Crippen LogP contribution is -2.04. The summed E-state index contributed by atoms with van der Waals surface area (Å²) in [5.41, 5.74) is 2.31. The van der Waals surface area contributed by atoms with Gasteiger partial charge in [-0.1, -0.05) is 12.1 Å². The molecule has 3 aromatic heterocycles. The number of methoxy groups -OCH3 is 1. The van der Waals surface area contributed by atoms with E-state index in [4.69, 9.17) is 4.74 Å². The van der Waals surface area contributed by atoms with Crippen LogP contribution in [0.4, 0.5) is 0 Å². The largest absolute Gasteiger partial charge is 0.497 e. The van der Waals surface area contributed by atoms with Crippen LogP contribution in [0.1, 0.15) is 21.8 Å². The average Bonchev–Trinajstić information content (AvgIpc) is 3.19. The average molecular weight is 399 g/mol. The van der Waals surface area contributed by atoms with E-state index >= 15 is 0 Å². The maximum absolute atomic E-state index is 5.21. The molecule has 0 amide bonds. The quantitative estimate of drug-likeness (QED) is 0.473. The summed E-state index contributed by atoms with van der Waals surface area (Å²) in [5.74, 6) is 1.58. The van der Waals surface area contributed by atoms with Crippen molar-refractivity contribution in [2.75, 3.05) is 7.11 Å². The van der Waals surface area contributed by atoms with Gasteiger partial charge in [-0.2, -0.15) is 0 Å². The van der Waals surface area contributed by atoms with Gasteiger partial charge in [0.2, 0.25) is 5.16 Å². The van der Waals surface area contributed by atoms with Crippen LogP contribution in [0.5, 0.6) is 5.75 Å². The number of fused-ring (bicyclic) bond motifs is 1. The number of thiophene rings is 1. The van der Waals surface area contributed by atoms with Crippen LogP contribution in [0.15, 0.2) is 34.4 Å². The molecule has 3 heterocycles. The molecule has 7 nitrogen and oxygen atoms in total. The minimum Gasteiger partial charge on any atom is -0.497 e. The van der Waals surface area contributed by atoms with Crippen LogP contribution in [0.3, 0.4) is 0 Å². The molecule has 9 heteroatoms. The van der Waals surface area contributed by atoms with Crippen LogP contribution in [-0.4, -0.2) is 37.3 Å². The van der Waals surface area contributed by atoms with Crippen LogP contribution in [-0.2, 0) is 6.54 Å². The highest BCUT2D eigenvalue weighted by Crippen LogP contribution is 2.37. The van der Waals surface area contributed by atoms with E-state index in [0.29, 0.717) is 11.7 Å². The van der Waals surface area contributed by atoms with Gasteiger partial charge >= 0.3 is 0 Å². The van der Waals surface area contributed by atoms with Gasteiger partial charge in [0.05, 0.1) is 13.7 Å². The summed E-state index contributed by atoms with van der Waals surface area (Å²) < 4.78 is 6.99. The SMILES string of the molecule is COc1ccc(Cn2nnnc2Sc2nc(C)nc3sc(C)c(C)c23)cc1. The Kier molecular flexibility index (Phi) is 4.79. The summed E-state index contributed by atoms with van der Waals surface area (Å²) in [7, 11) is 1.66. The maximum Gasteiger partial charge on any atom is 0.215 e. The molecular formula is C18H18N6OS2. The van der Waals surface area contributed by atoms with Gasteiger partial charge in [0.1, 0.15) is 21.4 Å². The van der Waals surface area contributed by atoms with Gasteiger partial charge < -0.3 is 4.74 Å². The summed E-state index contributed by atoms with van der Waals surface area (Å²) in [5, 5.41) is 14.9. The first-order valence-electron chi connectivity index (χ1n) is 8.36. The van der Waals surface area contributed by atoms with Crippen LogP contribution < -0.4 is 4.74 Å². The molecule has 0 aliphatic carbocycles. The number of benzene rings is 1. The number of hydrogen-bond acceptors (Lipinski definition) is 8. The number of ether oxygens (including phenoxy) is 1. The smallest absolute Gasteiger partial charge is 0.215 e. The first-order chi connectivity index (χ1) is 13.0. The van der Waals surface area contributed by atoms with Crippen molar-refractivity contribution in [2.24, 2.45) is 0 Å². The lowest BCUT2D eigenvalue weighted by molar-refractivity contribution is 0.414. The molecule has 0 spiro atoms. The van der Waals surface area contributed by atoms with E-state index in [-0.39, 0.29) is 0 Å². The second kappa shape index (κ2) is 7.24. The van der Waals surface area contributed by atoms with Gasteiger partial charge in [0, 0.05) is 10.3 Å². The molecule has 0 aliphatic heterocycles. The first kappa shape index (κ1) is 17.9. The van der Waals surface area contributed by atoms with E-state index < -0.39 is 0 Å². The van der Waals surface area contributed by atoms with E-state index in [1.807, 2.05) is 31.2 Å². The zero-order chi connectivity index (χ0) is 19.0. The Morgan fingerprint density at radius 2 is 1.89 bits per heavy atom. The van der Waals surface area contributed by atoms with Crippen molar-refractivity contribution in [3.63, 3.8) is 0 Å². The van der Waals surface area contributed by atoms with E-state index in [0.717, 1.165) is 32.4 Å². The van der Waals surface area contributed by atoms with E-state index in [9.17, 15) is 0 Å². The fourth-order valence-corrected chi connectivity index (χ4v) is 4.87. The molecule has 0 N–H and O–H groups in total. The van der Waals surface area contributed by atoms with Crippen LogP contribution >= 0.6 is 23.1 Å². The Labute approximate surface area is 164 Å². The van der Waals surface area contributed by atoms with Crippen molar-refractivity contribution in [3.05, 3.63) is 46.1 Å². The van der Waals surface area contributed by atoms with Gasteiger partial charge in [-0.25, -0.2) is 14.6 Å². The fourth-order valence-electron chi connectivity index (χ4n) is 2.75. The van der Waals surface area contributed by atoms with E-state index in [1.165, 1.54) is 22.2 Å². The predicted molar refractivity (Wildman–Crippen MR) is 106 cm³/mol. The summed E-state index contributed by atoms with van der Waals surface area (Å²) in [4.78, 5) is 11.5. The van der Waals surface area contributed by atoms with Gasteiger partial charge in [-0.3, -0.25) is 0 Å². The number of aryl methyl sites for hydroxylation is 3. The Balaban J connectivity index is 1.66. The summed E-state index contributed by atoms with van der Waals surface area (Å²) in [6, 6.07) is 7.88. The summed E-state index contributed by atoms with van der Waals surface area (Å²) >= 11 is 3.17. The molecule has 0 saturated heterocycles. The second-order valence-electron chi connectivity index (χ2n) is 6.11. The Bertz CT molecular complexity index is 1100.